The zero-order chi connectivity index (χ0) is 10.9. The fraction of sp³-hybridized carbons (Fsp3) is 0.250. The Hall–Kier alpha value is -1.30. The van der Waals surface area contributed by atoms with Crippen LogP contribution in [0.4, 0.5) is 23.2 Å². The summed E-state index contributed by atoms with van der Waals surface area (Å²) in [7, 11) is 0. The van der Waals surface area contributed by atoms with Crippen molar-refractivity contribution in [3.63, 3.8) is 0 Å². The summed E-state index contributed by atoms with van der Waals surface area (Å²) in [5.41, 5.74) is 3.22. The van der Waals surface area contributed by atoms with Crippen LogP contribution in [0.25, 0.3) is 0 Å². The molecule has 0 saturated heterocycles. The van der Waals surface area contributed by atoms with Gasteiger partial charge in [-0.15, -0.1) is 0 Å². The van der Waals surface area contributed by atoms with Gasteiger partial charge in [0.2, 0.25) is 0 Å². The molecule has 0 aliphatic carbocycles. The van der Waals surface area contributed by atoms with Gasteiger partial charge < -0.3 is 10.8 Å². The molecular formula is C8H7F4NO. The summed E-state index contributed by atoms with van der Waals surface area (Å²) in [6, 6.07) is 0.924. The van der Waals surface area contributed by atoms with Crippen LogP contribution >= 0.6 is 0 Å². The number of hydrogen-bond acceptors (Lipinski definition) is 2. The lowest BCUT2D eigenvalue weighted by Gasteiger charge is -2.10. The van der Waals surface area contributed by atoms with Crippen molar-refractivity contribution in [1.29, 1.82) is 0 Å². The summed E-state index contributed by atoms with van der Waals surface area (Å²) >= 11 is 0. The van der Waals surface area contributed by atoms with Crippen molar-refractivity contribution in [1.82, 2.24) is 0 Å². The van der Waals surface area contributed by atoms with E-state index in [1.54, 1.807) is 0 Å². The number of aliphatic hydroxyl groups is 1. The summed E-state index contributed by atoms with van der Waals surface area (Å²) < 4.78 is 49.2. The van der Waals surface area contributed by atoms with Crippen LogP contribution < -0.4 is 5.73 Å². The number of aliphatic hydroxyl groups excluding tert-OH is 1. The maximum Gasteiger partial charge on any atom is 0.416 e. The maximum atomic E-state index is 12.8. The van der Waals surface area contributed by atoms with Crippen LogP contribution in [0.2, 0.25) is 0 Å². The highest BCUT2D eigenvalue weighted by Gasteiger charge is 2.32. The lowest BCUT2D eigenvalue weighted by molar-refractivity contribution is -0.137. The molecule has 0 fully saturated rings. The minimum absolute atomic E-state index is 0.266. The molecule has 0 saturated carbocycles. The average Bonchev–Trinajstić information content (AvgIpc) is 2.07. The smallest absolute Gasteiger partial charge is 0.396 e. The van der Waals surface area contributed by atoms with E-state index in [0.29, 0.717) is 12.1 Å². The number of nitrogens with two attached hydrogens (primary N) is 1. The average molecular weight is 209 g/mol. The first-order valence-corrected chi connectivity index (χ1v) is 3.62. The maximum absolute atomic E-state index is 12.8. The second-order valence-corrected chi connectivity index (χ2v) is 2.69. The topological polar surface area (TPSA) is 46.2 Å². The van der Waals surface area contributed by atoms with Crippen LogP contribution in [-0.2, 0) is 12.8 Å². The summed E-state index contributed by atoms with van der Waals surface area (Å²) in [5.74, 6) is -1.18. The monoisotopic (exact) mass is 209 g/mol. The number of anilines is 1. The normalized spacial score (nSPS) is 11.8. The molecule has 0 bridgehead atoms. The van der Waals surface area contributed by atoms with Crippen LogP contribution in [0, 0.1) is 5.82 Å². The number of benzene rings is 1. The van der Waals surface area contributed by atoms with Crippen LogP contribution in [0.3, 0.4) is 0 Å². The van der Waals surface area contributed by atoms with Crippen LogP contribution in [0.1, 0.15) is 11.1 Å². The van der Waals surface area contributed by atoms with Crippen molar-refractivity contribution in [2.24, 2.45) is 0 Å². The molecule has 14 heavy (non-hydrogen) atoms. The molecule has 0 spiro atoms. The van der Waals surface area contributed by atoms with E-state index in [4.69, 9.17) is 10.8 Å². The predicted octanol–water partition coefficient (Wildman–Crippen LogP) is 1.92. The molecule has 78 valence electrons. The SMILES string of the molecule is Nc1c(F)cc(C(F)(F)F)cc1CO. The molecule has 0 atom stereocenters. The third-order valence-corrected chi connectivity index (χ3v) is 1.71. The highest BCUT2D eigenvalue weighted by atomic mass is 19.4. The molecule has 0 amide bonds. The molecule has 0 aliphatic rings. The quantitative estimate of drug-likeness (QED) is 0.548. The number of hydrogen-bond donors (Lipinski definition) is 2. The van der Waals surface area contributed by atoms with Crippen LogP contribution in [0.5, 0.6) is 0 Å². The summed E-state index contributed by atoms with van der Waals surface area (Å²) in [6.45, 7) is -0.729. The Kier molecular flexibility index (Phi) is 2.66. The van der Waals surface area contributed by atoms with Crippen LogP contribution in [-0.4, -0.2) is 5.11 Å². The van der Waals surface area contributed by atoms with E-state index in [2.05, 4.69) is 0 Å². The van der Waals surface area contributed by atoms with E-state index in [1.807, 2.05) is 0 Å². The van der Waals surface area contributed by atoms with E-state index in [9.17, 15) is 17.6 Å². The Labute approximate surface area is 77.0 Å². The second-order valence-electron chi connectivity index (χ2n) is 2.69. The molecular weight excluding hydrogens is 202 g/mol. The van der Waals surface area contributed by atoms with Gasteiger partial charge in [0.25, 0.3) is 0 Å². The Balaban J connectivity index is 3.30. The van der Waals surface area contributed by atoms with Gasteiger partial charge in [-0.1, -0.05) is 0 Å². The van der Waals surface area contributed by atoms with Crippen molar-refractivity contribution < 1.29 is 22.7 Å². The van der Waals surface area contributed by atoms with Gasteiger partial charge in [-0.2, -0.15) is 13.2 Å². The number of alkyl halides is 3. The van der Waals surface area contributed by atoms with Gasteiger partial charge in [0.05, 0.1) is 17.9 Å². The van der Waals surface area contributed by atoms with Gasteiger partial charge in [0.1, 0.15) is 5.82 Å². The standard InChI is InChI=1S/C8H7F4NO/c9-6-2-5(8(10,11)12)1-4(3-14)7(6)13/h1-2,14H,3,13H2. The van der Waals surface area contributed by atoms with Crippen molar-refractivity contribution in [2.45, 2.75) is 12.8 Å². The molecule has 0 radical (unpaired) electrons. The lowest BCUT2D eigenvalue weighted by Crippen LogP contribution is -2.08. The number of halogens is 4. The molecule has 0 aliphatic heterocycles. The first-order valence-electron chi connectivity index (χ1n) is 3.62. The molecule has 0 unspecified atom stereocenters. The fourth-order valence-electron chi connectivity index (χ4n) is 0.969. The number of nitrogen functional groups attached to an aromatic ring is 1. The zero-order valence-electron chi connectivity index (χ0n) is 6.90. The Morgan fingerprint density at radius 1 is 1.29 bits per heavy atom. The molecule has 3 N–H and O–H groups in total. The first-order chi connectivity index (χ1) is 6.36. The highest BCUT2D eigenvalue weighted by Crippen LogP contribution is 2.32. The van der Waals surface area contributed by atoms with E-state index >= 15 is 0 Å². The molecule has 0 heterocycles. The van der Waals surface area contributed by atoms with E-state index in [0.717, 1.165) is 0 Å². The van der Waals surface area contributed by atoms with Crippen molar-refractivity contribution in [2.75, 3.05) is 5.73 Å². The first kappa shape index (κ1) is 10.8. The van der Waals surface area contributed by atoms with E-state index in [1.165, 1.54) is 0 Å². The summed E-state index contributed by atoms with van der Waals surface area (Å²) in [4.78, 5) is 0. The summed E-state index contributed by atoms with van der Waals surface area (Å²) in [5, 5.41) is 8.62. The molecule has 0 aromatic heterocycles. The van der Waals surface area contributed by atoms with Crippen molar-refractivity contribution in [3.8, 4) is 0 Å². The van der Waals surface area contributed by atoms with Gasteiger partial charge in [-0.25, -0.2) is 4.39 Å². The molecule has 1 aromatic carbocycles. The van der Waals surface area contributed by atoms with Gasteiger partial charge in [-0.3, -0.25) is 0 Å². The molecule has 1 aromatic rings. The largest absolute Gasteiger partial charge is 0.416 e. The third kappa shape index (κ3) is 1.95. The van der Waals surface area contributed by atoms with Gasteiger partial charge in [0.15, 0.2) is 0 Å². The highest BCUT2D eigenvalue weighted by molar-refractivity contribution is 5.50. The summed E-state index contributed by atoms with van der Waals surface area (Å²) in [6.07, 6.45) is -4.64. The minimum atomic E-state index is -4.64. The number of rotatable bonds is 1. The fourth-order valence-corrected chi connectivity index (χ4v) is 0.969. The molecule has 2 nitrogen and oxygen atoms in total. The Bertz CT molecular complexity index is 348. The van der Waals surface area contributed by atoms with Gasteiger partial charge in [-0.05, 0) is 12.1 Å². The molecule has 1 rings (SSSR count). The van der Waals surface area contributed by atoms with Gasteiger partial charge >= 0.3 is 6.18 Å². The minimum Gasteiger partial charge on any atom is -0.396 e. The Morgan fingerprint density at radius 2 is 1.86 bits per heavy atom. The van der Waals surface area contributed by atoms with Gasteiger partial charge in [0, 0.05) is 5.56 Å². The van der Waals surface area contributed by atoms with E-state index < -0.39 is 29.9 Å². The van der Waals surface area contributed by atoms with Crippen molar-refractivity contribution in [3.05, 3.63) is 29.1 Å². The zero-order valence-corrected chi connectivity index (χ0v) is 6.90. The second kappa shape index (κ2) is 3.45. The van der Waals surface area contributed by atoms with Crippen LogP contribution in [0.15, 0.2) is 12.1 Å². The lowest BCUT2D eigenvalue weighted by atomic mass is 10.1. The predicted molar refractivity (Wildman–Crippen MR) is 41.7 cm³/mol. The molecule has 6 heteroatoms. The van der Waals surface area contributed by atoms with Crippen molar-refractivity contribution >= 4 is 5.69 Å². The Morgan fingerprint density at radius 3 is 2.29 bits per heavy atom. The third-order valence-electron chi connectivity index (χ3n) is 1.71. The van der Waals surface area contributed by atoms with E-state index in [-0.39, 0.29) is 5.56 Å².